The van der Waals surface area contributed by atoms with Gasteiger partial charge in [0, 0.05) is 0 Å². The maximum atomic E-state index is 12.1. The lowest BCUT2D eigenvalue weighted by atomic mass is 9.92. The van der Waals surface area contributed by atoms with Crippen LogP contribution in [0.1, 0.15) is 17.5 Å². The predicted molar refractivity (Wildman–Crippen MR) is 114 cm³/mol. The van der Waals surface area contributed by atoms with Gasteiger partial charge in [0.1, 0.15) is 11.8 Å². The van der Waals surface area contributed by atoms with Crippen molar-refractivity contribution in [3.63, 3.8) is 0 Å². The number of amides is 1. The first-order chi connectivity index (χ1) is 14.1. The van der Waals surface area contributed by atoms with Gasteiger partial charge in [0.15, 0.2) is 0 Å². The topological polar surface area (TPSA) is 98.9 Å². The average Bonchev–Trinajstić information content (AvgIpc) is 2.76. The fraction of sp³-hybridized carbons (Fsp3) is 0.143. The quantitative estimate of drug-likeness (QED) is 0.563. The SMILES string of the molecule is COc1ccc(N/N=C(\C#N)C(=O)N/N=C/C2=C(Cl)c3ccccc3CC2)cc1. The molecular weight excluding hydrogens is 390 g/mol. The number of nitriles is 1. The molecule has 0 radical (unpaired) electrons. The smallest absolute Gasteiger partial charge is 0.302 e. The van der Waals surface area contributed by atoms with E-state index in [9.17, 15) is 10.1 Å². The number of benzene rings is 2. The summed E-state index contributed by atoms with van der Waals surface area (Å²) in [7, 11) is 1.56. The number of aryl methyl sites for hydroxylation is 1. The Balaban J connectivity index is 1.63. The molecule has 0 saturated carbocycles. The zero-order chi connectivity index (χ0) is 20.6. The lowest BCUT2D eigenvalue weighted by Gasteiger charge is -2.17. The van der Waals surface area contributed by atoms with Gasteiger partial charge in [0.25, 0.3) is 0 Å². The molecule has 1 aliphatic rings. The summed E-state index contributed by atoms with van der Waals surface area (Å²) < 4.78 is 5.07. The van der Waals surface area contributed by atoms with Crippen LogP contribution in [0.3, 0.4) is 0 Å². The Labute approximate surface area is 173 Å². The highest BCUT2D eigenvalue weighted by Gasteiger charge is 2.16. The van der Waals surface area contributed by atoms with E-state index in [4.69, 9.17) is 16.3 Å². The molecule has 146 valence electrons. The summed E-state index contributed by atoms with van der Waals surface area (Å²) in [5, 5.41) is 17.5. The highest BCUT2D eigenvalue weighted by molar-refractivity contribution is 6.51. The number of hydrogen-bond acceptors (Lipinski definition) is 6. The molecule has 0 spiro atoms. The van der Waals surface area contributed by atoms with E-state index < -0.39 is 5.91 Å². The number of carbonyl (C=O) groups is 1. The molecule has 8 heteroatoms. The first-order valence-electron chi connectivity index (χ1n) is 8.80. The summed E-state index contributed by atoms with van der Waals surface area (Å²) >= 11 is 6.44. The van der Waals surface area contributed by atoms with Crippen LogP contribution >= 0.6 is 11.6 Å². The van der Waals surface area contributed by atoms with E-state index in [1.54, 1.807) is 37.4 Å². The van der Waals surface area contributed by atoms with Gasteiger partial charge in [-0.3, -0.25) is 10.2 Å². The zero-order valence-corrected chi connectivity index (χ0v) is 16.4. The minimum absolute atomic E-state index is 0.355. The Morgan fingerprint density at radius 1 is 1.21 bits per heavy atom. The Bertz CT molecular complexity index is 1040. The standard InChI is InChI=1S/C21H18ClN5O2/c1-29-17-10-8-16(9-11-17)25-26-19(12-23)21(28)27-24-13-15-7-6-14-4-2-3-5-18(14)20(15)22/h2-5,8-11,13,25H,6-7H2,1H3,(H,27,28)/b24-13+,26-19+. The van der Waals surface area contributed by atoms with E-state index in [1.165, 1.54) is 11.8 Å². The van der Waals surface area contributed by atoms with Gasteiger partial charge >= 0.3 is 5.91 Å². The van der Waals surface area contributed by atoms with Crippen molar-refractivity contribution in [2.75, 3.05) is 12.5 Å². The molecule has 7 nitrogen and oxygen atoms in total. The Kier molecular flexibility index (Phi) is 6.61. The maximum Gasteiger partial charge on any atom is 0.302 e. The van der Waals surface area contributed by atoms with Gasteiger partial charge in [-0.15, -0.1) is 0 Å². The highest BCUT2D eigenvalue weighted by atomic mass is 35.5. The molecule has 0 aromatic heterocycles. The van der Waals surface area contributed by atoms with Gasteiger partial charge in [-0.1, -0.05) is 35.9 Å². The van der Waals surface area contributed by atoms with E-state index in [0.29, 0.717) is 22.9 Å². The van der Waals surface area contributed by atoms with Crippen LogP contribution in [0.25, 0.3) is 5.03 Å². The second-order valence-corrected chi connectivity index (χ2v) is 6.49. The number of hydrazone groups is 2. The number of hydrogen-bond donors (Lipinski definition) is 2. The van der Waals surface area contributed by atoms with Crippen molar-refractivity contribution >= 4 is 40.2 Å². The van der Waals surface area contributed by atoms with Crippen LogP contribution in [0.5, 0.6) is 5.75 Å². The molecule has 0 atom stereocenters. The second kappa shape index (κ2) is 9.53. The summed E-state index contributed by atoms with van der Waals surface area (Å²) in [6.45, 7) is 0. The maximum absolute atomic E-state index is 12.1. The van der Waals surface area contributed by atoms with Gasteiger partial charge in [-0.25, -0.2) is 5.43 Å². The first kappa shape index (κ1) is 20.1. The van der Waals surface area contributed by atoms with Crippen molar-refractivity contribution in [1.29, 1.82) is 5.26 Å². The molecule has 0 aliphatic heterocycles. The number of ether oxygens (including phenoxy) is 1. The van der Waals surface area contributed by atoms with E-state index in [1.807, 2.05) is 24.3 Å². The Morgan fingerprint density at radius 2 is 1.97 bits per heavy atom. The third kappa shape index (κ3) is 5.00. The number of allylic oxidation sites excluding steroid dienone is 1. The predicted octanol–water partition coefficient (Wildman–Crippen LogP) is 3.68. The summed E-state index contributed by atoms with van der Waals surface area (Å²) in [5.41, 5.74) is 8.17. The van der Waals surface area contributed by atoms with Crippen LogP contribution in [0.4, 0.5) is 5.69 Å². The number of anilines is 1. The van der Waals surface area contributed by atoms with Gasteiger partial charge < -0.3 is 4.74 Å². The number of nitrogens with one attached hydrogen (secondary N) is 2. The van der Waals surface area contributed by atoms with E-state index >= 15 is 0 Å². The van der Waals surface area contributed by atoms with Crippen molar-refractivity contribution in [2.45, 2.75) is 12.8 Å². The van der Waals surface area contributed by atoms with Crippen LogP contribution in [0.15, 0.2) is 64.3 Å². The molecule has 1 aliphatic carbocycles. The molecule has 0 bridgehead atoms. The van der Waals surface area contributed by atoms with E-state index in [-0.39, 0.29) is 5.71 Å². The summed E-state index contributed by atoms with van der Waals surface area (Å²) in [6, 6.07) is 16.5. The number of carbonyl (C=O) groups excluding carboxylic acids is 1. The fourth-order valence-electron chi connectivity index (χ4n) is 2.76. The molecule has 0 saturated heterocycles. The highest BCUT2D eigenvalue weighted by Crippen LogP contribution is 2.32. The fourth-order valence-corrected chi connectivity index (χ4v) is 3.09. The van der Waals surface area contributed by atoms with E-state index in [2.05, 4.69) is 21.1 Å². The number of nitrogens with zero attached hydrogens (tertiary/aromatic N) is 3. The molecule has 0 heterocycles. The first-order valence-corrected chi connectivity index (χ1v) is 9.18. The van der Waals surface area contributed by atoms with Gasteiger partial charge in [0.05, 0.1) is 24.0 Å². The van der Waals surface area contributed by atoms with Gasteiger partial charge in [0.2, 0.25) is 5.71 Å². The normalized spacial score (nSPS) is 13.6. The molecule has 2 N–H and O–H groups in total. The molecule has 0 unspecified atom stereocenters. The third-order valence-corrected chi connectivity index (χ3v) is 4.74. The monoisotopic (exact) mass is 407 g/mol. The molecule has 2 aromatic carbocycles. The average molecular weight is 408 g/mol. The lowest BCUT2D eigenvalue weighted by molar-refractivity contribution is -0.114. The number of methoxy groups -OCH3 is 1. The molecule has 2 aromatic rings. The minimum atomic E-state index is -0.724. The second-order valence-electron chi connectivity index (χ2n) is 6.11. The van der Waals surface area contributed by atoms with E-state index in [0.717, 1.165) is 17.6 Å². The van der Waals surface area contributed by atoms with Crippen molar-refractivity contribution in [3.8, 4) is 11.8 Å². The third-order valence-electron chi connectivity index (χ3n) is 4.29. The molecule has 3 rings (SSSR count). The summed E-state index contributed by atoms with van der Waals surface area (Å²) in [5.74, 6) is -0.0388. The largest absolute Gasteiger partial charge is 0.497 e. The molecule has 0 fully saturated rings. The van der Waals surface area contributed by atoms with Crippen LogP contribution < -0.4 is 15.6 Å². The summed E-state index contributed by atoms with van der Waals surface area (Å²) in [4.78, 5) is 12.1. The van der Waals surface area contributed by atoms with Crippen LogP contribution in [0, 0.1) is 11.3 Å². The molecule has 29 heavy (non-hydrogen) atoms. The van der Waals surface area contributed by atoms with Crippen molar-refractivity contribution in [3.05, 3.63) is 65.2 Å². The zero-order valence-electron chi connectivity index (χ0n) is 15.6. The molecular formula is C21H18ClN5O2. The Hall–Kier alpha value is -3.63. The van der Waals surface area contributed by atoms with Crippen LogP contribution in [-0.4, -0.2) is 24.9 Å². The summed E-state index contributed by atoms with van der Waals surface area (Å²) in [6.07, 6.45) is 3.06. The Morgan fingerprint density at radius 3 is 2.69 bits per heavy atom. The number of halogens is 1. The lowest BCUT2D eigenvalue weighted by Crippen LogP contribution is -2.27. The van der Waals surface area contributed by atoms with Gasteiger partial charge in [-0.2, -0.15) is 15.5 Å². The number of rotatable bonds is 6. The number of fused-ring (bicyclic) bond motifs is 1. The van der Waals surface area contributed by atoms with Gasteiger partial charge in [-0.05, 0) is 53.8 Å². The minimum Gasteiger partial charge on any atom is -0.497 e. The van der Waals surface area contributed by atoms with Crippen molar-refractivity contribution < 1.29 is 9.53 Å². The molecule has 1 amide bonds. The van der Waals surface area contributed by atoms with Crippen molar-refractivity contribution in [2.24, 2.45) is 10.2 Å². The van der Waals surface area contributed by atoms with Crippen LogP contribution in [-0.2, 0) is 11.2 Å². The van der Waals surface area contributed by atoms with Crippen molar-refractivity contribution in [1.82, 2.24) is 5.43 Å². The van der Waals surface area contributed by atoms with Crippen LogP contribution in [0.2, 0.25) is 0 Å².